The first-order chi connectivity index (χ1) is 16.0. The van der Waals surface area contributed by atoms with E-state index in [0.29, 0.717) is 36.1 Å². The molecule has 1 heterocycles. The Labute approximate surface area is 197 Å². The maximum absolute atomic E-state index is 13.3. The van der Waals surface area contributed by atoms with E-state index < -0.39 is 6.10 Å². The lowest BCUT2D eigenvalue weighted by molar-refractivity contribution is -0.139. The van der Waals surface area contributed by atoms with Crippen molar-refractivity contribution in [1.29, 1.82) is 0 Å². The van der Waals surface area contributed by atoms with Crippen LogP contribution >= 0.6 is 11.6 Å². The van der Waals surface area contributed by atoms with Crippen molar-refractivity contribution < 1.29 is 23.8 Å². The highest BCUT2D eigenvalue weighted by molar-refractivity contribution is 6.30. The molecule has 0 aliphatic carbocycles. The van der Waals surface area contributed by atoms with Crippen LogP contribution in [0.5, 0.6) is 11.5 Å². The molecule has 1 aliphatic heterocycles. The van der Waals surface area contributed by atoms with Gasteiger partial charge >= 0.3 is 5.97 Å². The van der Waals surface area contributed by atoms with Crippen molar-refractivity contribution in [3.63, 3.8) is 0 Å². The summed E-state index contributed by atoms with van der Waals surface area (Å²) in [6, 6.07) is 22.2. The average molecular weight is 466 g/mol. The van der Waals surface area contributed by atoms with Crippen molar-refractivity contribution in [3.8, 4) is 11.5 Å². The van der Waals surface area contributed by atoms with Crippen molar-refractivity contribution in [2.75, 3.05) is 18.6 Å². The molecule has 0 saturated carbocycles. The van der Waals surface area contributed by atoms with E-state index in [1.54, 1.807) is 17.0 Å². The van der Waals surface area contributed by atoms with Crippen LogP contribution in [-0.2, 0) is 27.3 Å². The normalized spacial score (nSPS) is 14.9. The van der Waals surface area contributed by atoms with Gasteiger partial charge in [-0.3, -0.25) is 9.59 Å². The quantitative estimate of drug-likeness (QED) is 0.446. The molecule has 170 valence electrons. The predicted molar refractivity (Wildman–Crippen MR) is 126 cm³/mol. The molecule has 0 bridgehead atoms. The van der Waals surface area contributed by atoms with E-state index in [1.165, 1.54) is 7.11 Å². The molecule has 1 atom stereocenters. The summed E-state index contributed by atoms with van der Waals surface area (Å²) in [7, 11) is 1.36. The van der Waals surface area contributed by atoms with Crippen molar-refractivity contribution in [3.05, 3.63) is 88.9 Å². The van der Waals surface area contributed by atoms with E-state index in [-0.39, 0.29) is 18.3 Å². The Balaban J connectivity index is 1.41. The Morgan fingerprint density at radius 1 is 1.03 bits per heavy atom. The Morgan fingerprint density at radius 2 is 1.82 bits per heavy atom. The summed E-state index contributed by atoms with van der Waals surface area (Å²) in [5, 5.41) is 0.629. The summed E-state index contributed by atoms with van der Waals surface area (Å²) in [6.45, 7) is 0.707. The number of carbonyl (C=O) groups is 2. The van der Waals surface area contributed by atoms with Crippen molar-refractivity contribution in [2.24, 2.45) is 0 Å². The van der Waals surface area contributed by atoms with Crippen LogP contribution in [0.1, 0.15) is 17.5 Å². The number of para-hydroxylation sites is 2. The van der Waals surface area contributed by atoms with Gasteiger partial charge in [-0.05, 0) is 47.5 Å². The summed E-state index contributed by atoms with van der Waals surface area (Å²) in [5.74, 6) is 0.907. The molecule has 4 rings (SSSR count). The first-order valence-corrected chi connectivity index (χ1v) is 11.0. The monoisotopic (exact) mass is 465 g/mol. The minimum atomic E-state index is -0.655. The number of fused-ring (bicyclic) bond motifs is 1. The molecule has 0 radical (unpaired) electrons. The number of halogens is 1. The average Bonchev–Trinajstić information content (AvgIpc) is 2.82. The Hall–Kier alpha value is -3.51. The van der Waals surface area contributed by atoms with Crippen LogP contribution in [0.4, 0.5) is 5.69 Å². The standard InChI is InChI=1S/C26H24ClNO5/c1-31-25(29)16-18-9-11-21(12-10-18)32-14-13-24-26(30)28(17-19-5-4-6-20(27)15-19)22-7-2-3-8-23(22)33-24/h2-12,15,24H,13-14,16-17H2,1H3. The Morgan fingerprint density at radius 3 is 2.58 bits per heavy atom. The molecule has 3 aromatic carbocycles. The number of ether oxygens (including phenoxy) is 3. The van der Waals surface area contributed by atoms with Gasteiger partial charge < -0.3 is 19.1 Å². The molecule has 6 nitrogen and oxygen atoms in total. The zero-order valence-electron chi connectivity index (χ0n) is 18.2. The van der Waals surface area contributed by atoms with Gasteiger partial charge in [0, 0.05) is 11.4 Å². The summed E-state index contributed by atoms with van der Waals surface area (Å²) < 4.78 is 16.5. The van der Waals surface area contributed by atoms with Gasteiger partial charge in [-0.25, -0.2) is 0 Å². The minimum Gasteiger partial charge on any atom is -0.493 e. The van der Waals surface area contributed by atoms with Gasteiger partial charge in [0.1, 0.15) is 11.5 Å². The third kappa shape index (κ3) is 5.65. The molecule has 0 fully saturated rings. The fourth-order valence-corrected chi connectivity index (χ4v) is 3.88. The number of anilines is 1. The highest BCUT2D eigenvalue weighted by Gasteiger charge is 2.34. The number of methoxy groups -OCH3 is 1. The maximum Gasteiger partial charge on any atom is 0.309 e. The molecule has 7 heteroatoms. The molecule has 0 saturated heterocycles. The third-order valence-electron chi connectivity index (χ3n) is 5.34. The molecule has 3 aromatic rings. The van der Waals surface area contributed by atoms with E-state index in [9.17, 15) is 9.59 Å². The second kappa shape index (κ2) is 10.4. The van der Waals surface area contributed by atoms with Crippen LogP contribution in [0.2, 0.25) is 5.02 Å². The van der Waals surface area contributed by atoms with E-state index in [1.807, 2.05) is 60.7 Å². The molecule has 0 N–H and O–H groups in total. The predicted octanol–water partition coefficient (Wildman–Crippen LogP) is 4.82. The molecule has 1 amide bonds. The van der Waals surface area contributed by atoms with Gasteiger partial charge in [0.2, 0.25) is 0 Å². The smallest absolute Gasteiger partial charge is 0.309 e. The second-order valence-electron chi connectivity index (χ2n) is 7.66. The van der Waals surface area contributed by atoms with Crippen LogP contribution in [0.25, 0.3) is 0 Å². The summed E-state index contributed by atoms with van der Waals surface area (Å²) >= 11 is 6.13. The van der Waals surface area contributed by atoms with Gasteiger partial charge in [-0.15, -0.1) is 0 Å². The number of esters is 1. The van der Waals surface area contributed by atoms with Crippen LogP contribution in [0.3, 0.4) is 0 Å². The van der Waals surface area contributed by atoms with E-state index in [4.69, 9.17) is 21.1 Å². The maximum atomic E-state index is 13.3. The van der Waals surface area contributed by atoms with Gasteiger partial charge in [0.05, 0.1) is 32.4 Å². The number of carbonyl (C=O) groups excluding carboxylic acids is 2. The first-order valence-electron chi connectivity index (χ1n) is 10.6. The van der Waals surface area contributed by atoms with Crippen LogP contribution in [0, 0.1) is 0 Å². The lowest BCUT2D eigenvalue weighted by atomic mass is 10.1. The molecule has 0 spiro atoms. The number of nitrogens with zero attached hydrogens (tertiary/aromatic N) is 1. The largest absolute Gasteiger partial charge is 0.493 e. The lowest BCUT2D eigenvalue weighted by Gasteiger charge is -2.34. The summed E-state index contributed by atoms with van der Waals surface area (Å²) in [6.07, 6.45) is -0.0516. The van der Waals surface area contributed by atoms with Crippen molar-refractivity contribution >= 4 is 29.2 Å². The minimum absolute atomic E-state index is 0.120. The van der Waals surface area contributed by atoms with Gasteiger partial charge in [-0.2, -0.15) is 0 Å². The molecule has 33 heavy (non-hydrogen) atoms. The fourth-order valence-electron chi connectivity index (χ4n) is 3.67. The molecular weight excluding hydrogens is 442 g/mol. The summed E-state index contributed by atoms with van der Waals surface area (Å²) in [4.78, 5) is 26.4. The highest BCUT2D eigenvalue weighted by Crippen LogP contribution is 2.35. The Bertz CT molecular complexity index is 1130. The third-order valence-corrected chi connectivity index (χ3v) is 5.58. The van der Waals surface area contributed by atoms with Crippen LogP contribution in [-0.4, -0.2) is 31.7 Å². The van der Waals surface area contributed by atoms with E-state index >= 15 is 0 Å². The zero-order chi connectivity index (χ0) is 23.2. The van der Waals surface area contributed by atoms with Gasteiger partial charge in [0.15, 0.2) is 6.10 Å². The number of hydrogen-bond acceptors (Lipinski definition) is 5. The van der Waals surface area contributed by atoms with E-state index in [2.05, 4.69) is 4.74 Å². The SMILES string of the molecule is COC(=O)Cc1ccc(OCCC2Oc3ccccc3N(Cc3cccc(Cl)c3)C2=O)cc1. The fraction of sp³-hybridized carbons (Fsp3) is 0.231. The molecule has 1 unspecified atom stereocenters. The summed E-state index contributed by atoms with van der Waals surface area (Å²) in [5.41, 5.74) is 2.52. The van der Waals surface area contributed by atoms with Crippen molar-refractivity contribution in [1.82, 2.24) is 0 Å². The molecule has 1 aliphatic rings. The first kappa shape index (κ1) is 22.7. The highest BCUT2D eigenvalue weighted by atomic mass is 35.5. The van der Waals surface area contributed by atoms with Gasteiger partial charge in [-0.1, -0.05) is 48.0 Å². The van der Waals surface area contributed by atoms with Crippen LogP contribution < -0.4 is 14.4 Å². The van der Waals surface area contributed by atoms with Gasteiger partial charge in [0.25, 0.3) is 5.91 Å². The number of rotatable bonds is 8. The lowest BCUT2D eigenvalue weighted by Crippen LogP contribution is -2.46. The molecular formula is C26H24ClNO5. The Kier molecular flexibility index (Phi) is 7.15. The van der Waals surface area contributed by atoms with E-state index in [0.717, 1.165) is 16.8 Å². The molecule has 0 aromatic heterocycles. The number of amides is 1. The van der Waals surface area contributed by atoms with Crippen molar-refractivity contribution in [2.45, 2.75) is 25.5 Å². The topological polar surface area (TPSA) is 65.1 Å². The number of hydrogen-bond donors (Lipinski definition) is 0. The van der Waals surface area contributed by atoms with Crippen LogP contribution in [0.15, 0.2) is 72.8 Å². The zero-order valence-corrected chi connectivity index (χ0v) is 19.0. The number of benzene rings is 3. The second-order valence-corrected chi connectivity index (χ2v) is 8.10.